The Morgan fingerprint density at radius 1 is 1.16 bits per heavy atom. The molecule has 0 unspecified atom stereocenters. The summed E-state index contributed by atoms with van der Waals surface area (Å²) in [5.74, 6) is 0. The molecule has 0 saturated carbocycles. The van der Waals surface area contributed by atoms with Gasteiger partial charge in [0, 0.05) is 38.6 Å². The Morgan fingerprint density at radius 2 is 1.92 bits per heavy atom. The summed E-state index contributed by atoms with van der Waals surface area (Å²) < 4.78 is 9.34. The lowest BCUT2D eigenvalue weighted by atomic mass is 10.1. The normalized spacial score (nSPS) is 15.6. The molecule has 0 bridgehead atoms. The van der Waals surface area contributed by atoms with Gasteiger partial charge in [0.1, 0.15) is 5.52 Å². The summed E-state index contributed by atoms with van der Waals surface area (Å²) in [4.78, 5) is 15.3. The highest BCUT2D eigenvalue weighted by atomic mass is 35.5. The second-order valence-corrected chi connectivity index (χ2v) is 6.46. The number of nitrogens with zero attached hydrogens (tertiary/aromatic N) is 4. The molecule has 0 amide bonds. The Morgan fingerprint density at radius 3 is 2.68 bits per heavy atom. The molecule has 0 radical (unpaired) electrons. The van der Waals surface area contributed by atoms with Crippen LogP contribution >= 0.6 is 12.4 Å². The van der Waals surface area contributed by atoms with E-state index in [9.17, 15) is 4.79 Å². The third-order valence-electron chi connectivity index (χ3n) is 4.86. The van der Waals surface area contributed by atoms with Gasteiger partial charge in [0.05, 0.1) is 30.4 Å². The fourth-order valence-corrected chi connectivity index (χ4v) is 3.52. The van der Waals surface area contributed by atoms with Gasteiger partial charge in [0.25, 0.3) is 0 Å². The number of hydrogen-bond donors (Lipinski definition) is 0. The van der Waals surface area contributed by atoms with Crippen LogP contribution in [-0.2, 0) is 18.3 Å². The predicted octanol–water partition coefficient (Wildman–Crippen LogP) is 1.95. The van der Waals surface area contributed by atoms with Crippen LogP contribution in [0.3, 0.4) is 0 Å². The van der Waals surface area contributed by atoms with E-state index in [1.165, 1.54) is 0 Å². The van der Waals surface area contributed by atoms with E-state index in [0.717, 1.165) is 61.4 Å². The molecule has 0 N–H and O–H groups in total. The average molecular weight is 363 g/mol. The SMILES string of the molecule is Cc1ccc2c(c1)c(=O)c1c(cnn1C)n2CCN1CCOCC1.Cl. The van der Waals surface area contributed by atoms with E-state index >= 15 is 0 Å². The van der Waals surface area contributed by atoms with Crippen molar-refractivity contribution < 1.29 is 4.74 Å². The summed E-state index contributed by atoms with van der Waals surface area (Å²) in [6.07, 6.45) is 1.80. The van der Waals surface area contributed by atoms with Gasteiger partial charge in [0.2, 0.25) is 5.43 Å². The molecule has 1 aliphatic rings. The molecule has 3 aromatic rings. The van der Waals surface area contributed by atoms with Gasteiger partial charge in [-0.3, -0.25) is 14.4 Å². The molecule has 3 heterocycles. The zero-order valence-electron chi connectivity index (χ0n) is 14.6. The van der Waals surface area contributed by atoms with Crippen molar-refractivity contribution in [3.8, 4) is 0 Å². The van der Waals surface area contributed by atoms with Crippen molar-refractivity contribution in [1.82, 2.24) is 19.2 Å². The molecule has 1 aromatic carbocycles. The molecule has 0 atom stereocenters. The van der Waals surface area contributed by atoms with E-state index in [4.69, 9.17) is 4.74 Å². The number of rotatable bonds is 3. The van der Waals surface area contributed by atoms with Crippen LogP contribution < -0.4 is 5.43 Å². The summed E-state index contributed by atoms with van der Waals surface area (Å²) in [5, 5.41) is 5.09. The van der Waals surface area contributed by atoms with Gasteiger partial charge in [-0.1, -0.05) is 11.6 Å². The highest BCUT2D eigenvalue weighted by molar-refractivity contribution is 5.92. The number of fused-ring (bicyclic) bond motifs is 2. The Balaban J connectivity index is 0.00000182. The first kappa shape index (κ1) is 17.9. The Bertz CT molecular complexity index is 957. The van der Waals surface area contributed by atoms with Gasteiger partial charge >= 0.3 is 0 Å². The van der Waals surface area contributed by atoms with Crippen molar-refractivity contribution in [1.29, 1.82) is 0 Å². The van der Waals surface area contributed by atoms with Crippen molar-refractivity contribution in [3.63, 3.8) is 0 Å². The summed E-state index contributed by atoms with van der Waals surface area (Å²) in [6.45, 7) is 7.32. The molecule has 6 nitrogen and oxygen atoms in total. The summed E-state index contributed by atoms with van der Waals surface area (Å²) in [6, 6.07) is 6.10. The smallest absolute Gasteiger partial charge is 0.215 e. The van der Waals surface area contributed by atoms with Crippen LogP contribution in [0.4, 0.5) is 0 Å². The van der Waals surface area contributed by atoms with Gasteiger partial charge in [-0.25, -0.2) is 0 Å². The zero-order chi connectivity index (χ0) is 16.7. The van der Waals surface area contributed by atoms with Crippen LogP contribution in [0.2, 0.25) is 0 Å². The van der Waals surface area contributed by atoms with Gasteiger partial charge in [0.15, 0.2) is 0 Å². The van der Waals surface area contributed by atoms with Gasteiger partial charge in [-0.2, -0.15) is 5.10 Å². The highest BCUT2D eigenvalue weighted by Gasteiger charge is 2.16. The monoisotopic (exact) mass is 362 g/mol. The van der Waals surface area contributed by atoms with E-state index in [1.54, 1.807) is 10.9 Å². The second kappa shape index (κ2) is 7.15. The third-order valence-corrected chi connectivity index (χ3v) is 4.86. The fraction of sp³-hybridized carbons (Fsp3) is 0.444. The first-order chi connectivity index (χ1) is 11.6. The molecule has 0 spiro atoms. The number of aryl methyl sites for hydroxylation is 2. The summed E-state index contributed by atoms with van der Waals surface area (Å²) in [7, 11) is 1.83. The van der Waals surface area contributed by atoms with Crippen molar-refractivity contribution in [3.05, 3.63) is 40.2 Å². The van der Waals surface area contributed by atoms with E-state index in [-0.39, 0.29) is 17.8 Å². The van der Waals surface area contributed by atoms with E-state index < -0.39 is 0 Å². The maximum absolute atomic E-state index is 12.9. The largest absolute Gasteiger partial charge is 0.379 e. The lowest BCUT2D eigenvalue weighted by Crippen LogP contribution is -2.38. The molecule has 1 aliphatic heterocycles. The predicted molar refractivity (Wildman–Crippen MR) is 102 cm³/mol. The quantitative estimate of drug-likeness (QED) is 0.714. The maximum Gasteiger partial charge on any atom is 0.215 e. The van der Waals surface area contributed by atoms with Gasteiger partial charge in [-0.15, -0.1) is 12.4 Å². The second-order valence-electron chi connectivity index (χ2n) is 6.46. The molecule has 134 valence electrons. The minimum Gasteiger partial charge on any atom is -0.379 e. The number of morpholine rings is 1. The Labute approximate surface area is 152 Å². The molecular weight excluding hydrogens is 340 g/mol. The van der Waals surface area contributed by atoms with Crippen LogP contribution in [0.15, 0.2) is 29.2 Å². The number of pyridine rings is 1. The van der Waals surface area contributed by atoms with Gasteiger partial charge < -0.3 is 9.30 Å². The van der Waals surface area contributed by atoms with Crippen molar-refractivity contribution in [2.45, 2.75) is 13.5 Å². The van der Waals surface area contributed by atoms with E-state index in [2.05, 4.69) is 26.7 Å². The fourth-order valence-electron chi connectivity index (χ4n) is 3.52. The average Bonchev–Trinajstić information content (AvgIpc) is 2.98. The molecule has 4 rings (SSSR count). The third kappa shape index (κ3) is 3.17. The summed E-state index contributed by atoms with van der Waals surface area (Å²) >= 11 is 0. The van der Waals surface area contributed by atoms with Gasteiger partial charge in [-0.05, 0) is 19.1 Å². The number of benzene rings is 1. The minimum atomic E-state index is 0. The van der Waals surface area contributed by atoms with Crippen LogP contribution in [0, 0.1) is 6.92 Å². The van der Waals surface area contributed by atoms with E-state index in [0.29, 0.717) is 5.52 Å². The number of hydrogen-bond acceptors (Lipinski definition) is 4. The van der Waals surface area contributed by atoms with E-state index in [1.807, 2.05) is 20.0 Å². The topological polar surface area (TPSA) is 52.3 Å². The molecule has 7 heteroatoms. The molecule has 1 fully saturated rings. The maximum atomic E-state index is 12.9. The van der Waals surface area contributed by atoms with Crippen LogP contribution in [0.25, 0.3) is 21.9 Å². The summed E-state index contributed by atoms with van der Waals surface area (Å²) in [5.41, 5.74) is 3.73. The minimum absolute atomic E-state index is 0. The lowest BCUT2D eigenvalue weighted by molar-refractivity contribution is 0.0366. The molecule has 25 heavy (non-hydrogen) atoms. The Kier molecular flexibility index (Phi) is 5.13. The van der Waals surface area contributed by atoms with Crippen molar-refractivity contribution >= 4 is 34.3 Å². The van der Waals surface area contributed by atoms with Crippen LogP contribution in [0.1, 0.15) is 5.56 Å². The molecule has 2 aromatic heterocycles. The molecule has 1 saturated heterocycles. The number of aromatic nitrogens is 3. The van der Waals surface area contributed by atoms with Crippen molar-refractivity contribution in [2.75, 3.05) is 32.8 Å². The standard InChI is InChI=1S/C18H22N4O2.ClH/c1-13-3-4-15-14(11-13)18(23)17-16(12-19-20(17)2)22(15)6-5-21-7-9-24-10-8-21;/h3-4,11-12H,5-10H2,1-2H3;1H. The van der Waals surface area contributed by atoms with Crippen LogP contribution in [0.5, 0.6) is 0 Å². The number of ether oxygens (including phenoxy) is 1. The number of halogens is 1. The Hall–Kier alpha value is -1.89. The van der Waals surface area contributed by atoms with Crippen LogP contribution in [-0.4, -0.2) is 52.1 Å². The highest BCUT2D eigenvalue weighted by Crippen LogP contribution is 2.20. The first-order valence-electron chi connectivity index (χ1n) is 8.40. The van der Waals surface area contributed by atoms with Crippen molar-refractivity contribution in [2.24, 2.45) is 7.05 Å². The lowest BCUT2D eigenvalue weighted by Gasteiger charge is -2.27. The molecular formula is C18H23ClN4O2. The molecule has 0 aliphatic carbocycles. The zero-order valence-corrected chi connectivity index (χ0v) is 15.4. The first-order valence-corrected chi connectivity index (χ1v) is 8.40.